The molecule has 0 heterocycles. The first kappa shape index (κ1) is 26.6. The lowest BCUT2D eigenvalue weighted by Gasteiger charge is -2.16. The van der Waals surface area contributed by atoms with Crippen LogP contribution >= 0.6 is 24.0 Å². The van der Waals surface area contributed by atoms with Gasteiger partial charge in [0.15, 0.2) is 17.5 Å². The van der Waals surface area contributed by atoms with E-state index < -0.39 is 0 Å². The quantitative estimate of drug-likeness (QED) is 0.194. The Hall–Kier alpha value is -2.40. The first-order chi connectivity index (χ1) is 14.6. The number of methoxy groups -OCH3 is 4. The molecule has 0 amide bonds. The van der Waals surface area contributed by atoms with Crippen LogP contribution in [0.1, 0.15) is 11.1 Å². The Morgan fingerprint density at radius 1 is 0.806 bits per heavy atom. The van der Waals surface area contributed by atoms with Gasteiger partial charge in [0.2, 0.25) is 5.75 Å². The van der Waals surface area contributed by atoms with Gasteiger partial charge in [0.1, 0.15) is 12.4 Å². The molecule has 8 nitrogen and oxygen atoms in total. The van der Waals surface area contributed by atoms with Crippen molar-refractivity contribution >= 4 is 29.9 Å². The molecule has 0 saturated carbocycles. The second kappa shape index (κ2) is 14.6. The molecule has 0 aliphatic rings. The molecule has 2 aromatic rings. The molecule has 0 spiro atoms. The van der Waals surface area contributed by atoms with Crippen molar-refractivity contribution in [3.8, 4) is 23.0 Å². The van der Waals surface area contributed by atoms with E-state index in [-0.39, 0.29) is 24.0 Å². The molecule has 31 heavy (non-hydrogen) atoms. The first-order valence-electron chi connectivity index (χ1n) is 9.59. The Bertz CT molecular complexity index is 790. The van der Waals surface area contributed by atoms with E-state index in [0.29, 0.717) is 49.5 Å². The first-order valence-corrected chi connectivity index (χ1v) is 9.59. The van der Waals surface area contributed by atoms with Crippen LogP contribution in [0.25, 0.3) is 0 Å². The fourth-order valence-electron chi connectivity index (χ4n) is 2.78. The van der Waals surface area contributed by atoms with E-state index in [1.54, 1.807) is 35.5 Å². The Kier molecular flexibility index (Phi) is 12.5. The normalized spacial score (nSPS) is 10.7. The van der Waals surface area contributed by atoms with E-state index in [9.17, 15) is 0 Å². The summed E-state index contributed by atoms with van der Waals surface area (Å²) < 4.78 is 26.7. The zero-order chi connectivity index (χ0) is 21.8. The van der Waals surface area contributed by atoms with Crippen molar-refractivity contribution in [3.05, 3.63) is 47.5 Å². The van der Waals surface area contributed by atoms with Gasteiger partial charge in [-0.05, 0) is 35.4 Å². The number of guanidine groups is 1. The van der Waals surface area contributed by atoms with E-state index in [2.05, 4.69) is 15.6 Å². The van der Waals surface area contributed by atoms with E-state index in [1.807, 2.05) is 36.4 Å². The molecule has 2 N–H and O–H groups in total. The van der Waals surface area contributed by atoms with Crippen LogP contribution in [0.5, 0.6) is 23.0 Å². The third-order valence-electron chi connectivity index (χ3n) is 4.35. The van der Waals surface area contributed by atoms with Gasteiger partial charge in [0.05, 0.1) is 27.9 Å². The van der Waals surface area contributed by atoms with Crippen molar-refractivity contribution < 1.29 is 23.7 Å². The maximum atomic E-state index is 5.58. The summed E-state index contributed by atoms with van der Waals surface area (Å²) in [4.78, 5) is 4.27. The minimum Gasteiger partial charge on any atom is -0.493 e. The van der Waals surface area contributed by atoms with Gasteiger partial charge >= 0.3 is 0 Å². The van der Waals surface area contributed by atoms with Crippen molar-refractivity contribution in [3.63, 3.8) is 0 Å². The Morgan fingerprint density at radius 2 is 1.39 bits per heavy atom. The van der Waals surface area contributed by atoms with Crippen LogP contribution in [-0.2, 0) is 17.8 Å². The van der Waals surface area contributed by atoms with Gasteiger partial charge in [-0.1, -0.05) is 12.1 Å². The highest BCUT2D eigenvalue weighted by atomic mass is 127. The number of benzene rings is 2. The molecule has 0 unspecified atom stereocenters. The van der Waals surface area contributed by atoms with Crippen LogP contribution in [0.15, 0.2) is 41.4 Å². The molecule has 9 heteroatoms. The molecular weight excluding hydrogens is 513 g/mol. The highest BCUT2D eigenvalue weighted by Crippen LogP contribution is 2.38. The summed E-state index contributed by atoms with van der Waals surface area (Å²) in [5.74, 6) is 3.31. The topological polar surface area (TPSA) is 82.6 Å². The maximum absolute atomic E-state index is 5.58. The number of nitrogens with zero attached hydrogens (tertiary/aromatic N) is 1. The second-order valence-electron chi connectivity index (χ2n) is 6.30. The lowest BCUT2D eigenvalue weighted by Crippen LogP contribution is -2.36. The van der Waals surface area contributed by atoms with Crippen LogP contribution in [0.3, 0.4) is 0 Å². The zero-order valence-electron chi connectivity index (χ0n) is 18.7. The number of rotatable bonds is 11. The van der Waals surface area contributed by atoms with Gasteiger partial charge in [-0.15, -0.1) is 24.0 Å². The Balaban J connectivity index is 0.00000480. The predicted molar refractivity (Wildman–Crippen MR) is 132 cm³/mol. The van der Waals surface area contributed by atoms with Gasteiger partial charge in [0, 0.05) is 27.2 Å². The van der Waals surface area contributed by atoms with Gasteiger partial charge in [0.25, 0.3) is 0 Å². The lowest BCUT2D eigenvalue weighted by molar-refractivity contribution is 0.146. The molecule has 0 aliphatic heterocycles. The van der Waals surface area contributed by atoms with Crippen molar-refractivity contribution in [2.75, 3.05) is 48.7 Å². The van der Waals surface area contributed by atoms with Crippen LogP contribution in [0.2, 0.25) is 0 Å². The molecule has 0 aromatic heterocycles. The lowest BCUT2D eigenvalue weighted by atomic mass is 10.2. The van der Waals surface area contributed by atoms with Crippen LogP contribution in [-0.4, -0.2) is 54.7 Å². The Labute approximate surface area is 201 Å². The fourth-order valence-corrected chi connectivity index (χ4v) is 2.78. The molecule has 0 bridgehead atoms. The van der Waals surface area contributed by atoms with Gasteiger partial charge < -0.3 is 34.3 Å². The smallest absolute Gasteiger partial charge is 0.203 e. The summed E-state index contributed by atoms with van der Waals surface area (Å²) in [6, 6.07) is 11.7. The number of hydrogen-bond acceptors (Lipinski definition) is 6. The average molecular weight is 545 g/mol. The highest BCUT2D eigenvalue weighted by molar-refractivity contribution is 14.0. The van der Waals surface area contributed by atoms with Gasteiger partial charge in [-0.2, -0.15) is 0 Å². The number of hydrogen-bond donors (Lipinski definition) is 2. The van der Waals surface area contributed by atoms with Crippen LogP contribution in [0.4, 0.5) is 0 Å². The molecule has 0 radical (unpaired) electrons. The van der Waals surface area contributed by atoms with E-state index in [0.717, 1.165) is 16.9 Å². The minimum atomic E-state index is 0. The van der Waals surface area contributed by atoms with Crippen molar-refractivity contribution in [2.24, 2.45) is 4.99 Å². The SMILES string of the molecule is CN=C(NCc1ccc(OCCOC)cc1)NCc1cc(OC)c(OC)c(OC)c1.I. The molecule has 2 rings (SSSR count). The highest BCUT2D eigenvalue weighted by Gasteiger charge is 2.13. The minimum absolute atomic E-state index is 0. The van der Waals surface area contributed by atoms with E-state index >= 15 is 0 Å². The van der Waals surface area contributed by atoms with Crippen molar-refractivity contribution in [1.82, 2.24) is 10.6 Å². The second-order valence-corrected chi connectivity index (χ2v) is 6.30. The standard InChI is InChI=1S/C22H31N3O5.HI/c1-23-22(24-14-16-6-8-18(9-7-16)30-11-10-26-2)25-15-17-12-19(27-3)21(29-5)20(13-17)28-4;/h6-9,12-13H,10-11,14-15H2,1-5H3,(H2,23,24,25);1H. The fraction of sp³-hybridized carbons (Fsp3) is 0.409. The molecule has 0 saturated heterocycles. The van der Waals surface area contributed by atoms with E-state index in [4.69, 9.17) is 23.7 Å². The summed E-state index contributed by atoms with van der Waals surface area (Å²) in [7, 11) is 8.17. The summed E-state index contributed by atoms with van der Waals surface area (Å²) in [6.45, 7) is 2.28. The molecule has 0 fully saturated rings. The summed E-state index contributed by atoms with van der Waals surface area (Å²) in [5.41, 5.74) is 2.09. The van der Waals surface area contributed by atoms with Crippen molar-refractivity contribution in [1.29, 1.82) is 0 Å². The third kappa shape index (κ3) is 8.33. The number of aliphatic imine (C=N–C) groups is 1. The monoisotopic (exact) mass is 545 g/mol. The van der Waals surface area contributed by atoms with Crippen LogP contribution < -0.4 is 29.6 Å². The number of nitrogens with one attached hydrogen (secondary N) is 2. The molecular formula is C22H32IN3O5. The molecule has 2 aromatic carbocycles. The summed E-state index contributed by atoms with van der Waals surface area (Å²) >= 11 is 0. The maximum Gasteiger partial charge on any atom is 0.203 e. The average Bonchev–Trinajstić information content (AvgIpc) is 2.79. The van der Waals surface area contributed by atoms with E-state index in [1.165, 1.54) is 0 Å². The number of ether oxygens (including phenoxy) is 5. The Morgan fingerprint density at radius 3 is 1.87 bits per heavy atom. The molecule has 0 aliphatic carbocycles. The largest absolute Gasteiger partial charge is 0.493 e. The predicted octanol–water partition coefficient (Wildman–Crippen LogP) is 3.22. The zero-order valence-corrected chi connectivity index (χ0v) is 21.0. The van der Waals surface area contributed by atoms with Crippen LogP contribution in [0, 0.1) is 0 Å². The molecule has 0 atom stereocenters. The van der Waals surface area contributed by atoms with Gasteiger partial charge in [-0.3, -0.25) is 4.99 Å². The molecule has 172 valence electrons. The van der Waals surface area contributed by atoms with Crippen molar-refractivity contribution in [2.45, 2.75) is 13.1 Å². The number of halogens is 1. The van der Waals surface area contributed by atoms with Gasteiger partial charge in [-0.25, -0.2) is 0 Å². The summed E-state index contributed by atoms with van der Waals surface area (Å²) in [5, 5.41) is 6.59. The summed E-state index contributed by atoms with van der Waals surface area (Å²) in [6.07, 6.45) is 0. The third-order valence-corrected chi connectivity index (χ3v) is 4.35.